The molecule has 0 spiro atoms. The Morgan fingerprint density at radius 2 is 1.83 bits per heavy atom. The molecule has 6 heteroatoms. The molecule has 0 bridgehead atoms. The van der Waals surface area contributed by atoms with Crippen LogP contribution in [0.2, 0.25) is 0 Å². The fourth-order valence-corrected chi connectivity index (χ4v) is 5.74. The molecule has 1 fully saturated rings. The van der Waals surface area contributed by atoms with Crippen LogP contribution in [-0.2, 0) is 0 Å². The number of likely N-dealkylation sites (N-methyl/N-ethyl adjacent to an activating group) is 1. The third kappa shape index (κ3) is 4.70. The van der Waals surface area contributed by atoms with Crippen molar-refractivity contribution in [3.8, 4) is 0 Å². The van der Waals surface area contributed by atoms with Crippen molar-refractivity contribution in [1.82, 2.24) is 15.2 Å². The molecule has 0 radical (unpaired) electrons. The van der Waals surface area contributed by atoms with Gasteiger partial charge in [-0.1, -0.05) is 36.4 Å². The van der Waals surface area contributed by atoms with E-state index in [0.29, 0.717) is 0 Å². The number of hydrogen-bond acceptors (Lipinski definition) is 4. The number of pyridine rings is 1. The molecule has 0 unspecified atom stereocenters. The number of nitrogens with one attached hydrogen (secondary N) is 2. The van der Waals surface area contributed by atoms with Crippen LogP contribution in [0, 0.1) is 0 Å². The van der Waals surface area contributed by atoms with Crippen LogP contribution in [0.4, 0.5) is 11.4 Å². The predicted molar refractivity (Wildman–Crippen MR) is 154 cm³/mol. The van der Waals surface area contributed by atoms with E-state index in [-0.39, 0.29) is 17.6 Å². The summed E-state index contributed by atoms with van der Waals surface area (Å²) >= 11 is 5.88. The minimum absolute atomic E-state index is 0.000814. The van der Waals surface area contributed by atoms with E-state index in [2.05, 4.69) is 103 Å². The van der Waals surface area contributed by atoms with Crippen molar-refractivity contribution in [2.45, 2.75) is 44.8 Å². The number of aromatic nitrogens is 1. The molecule has 5 rings (SSSR count). The minimum Gasteiger partial charge on any atom is -0.385 e. The van der Waals surface area contributed by atoms with Gasteiger partial charge in [0.1, 0.15) is 0 Å². The maximum absolute atomic E-state index is 5.88. The van der Waals surface area contributed by atoms with Crippen molar-refractivity contribution in [3.05, 3.63) is 95.8 Å². The molecule has 186 valence electrons. The summed E-state index contributed by atoms with van der Waals surface area (Å²) < 4.78 is 0. The summed E-state index contributed by atoms with van der Waals surface area (Å²) in [6.07, 6.45) is 5.20. The SMILES string of the molecule is CC1=CC(C)(C)N(C)c2ccc([C@H]3[C@@H](c4ccccn4)NC(=S)N3CCCNc3ccccc3)cc21. The van der Waals surface area contributed by atoms with E-state index < -0.39 is 0 Å². The average Bonchev–Trinajstić information content (AvgIpc) is 3.22. The van der Waals surface area contributed by atoms with E-state index in [1.54, 1.807) is 0 Å². The number of thiocarbonyl (C=S) groups is 1. The van der Waals surface area contributed by atoms with Gasteiger partial charge in [0.05, 0.1) is 23.3 Å². The maximum Gasteiger partial charge on any atom is 0.170 e. The highest BCUT2D eigenvalue weighted by Crippen LogP contribution is 2.43. The highest BCUT2D eigenvalue weighted by molar-refractivity contribution is 7.80. The first kappa shape index (κ1) is 24.3. The van der Waals surface area contributed by atoms with E-state index in [0.717, 1.165) is 36.0 Å². The topological polar surface area (TPSA) is 43.4 Å². The number of benzene rings is 2. The molecule has 1 aromatic heterocycles. The van der Waals surface area contributed by atoms with Gasteiger partial charge < -0.3 is 20.4 Å². The molecule has 2 aromatic carbocycles. The molecule has 1 saturated heterocycles. The molecule has 0 aliphatic carbocycles. The van der Waals surface area contributed by atoms with E-state index in [1.165, 1.54) is 22.4 Å². The number of hydrogen-bond donors (Lipinski definition) is 2. The van der Waals surface area contributed by atoms with Crippen molar-refractivity contribution < 1.29 is 0 Å². The summed E-state index contributed by atoms with van der Waals surface area (Å²) in [7, 11) is 2.18. The van der Waals surface area contributed by atoms with Crippen LogP contribution in [0.25, 0.3) is 5.57 Å². The van der Waals surface area contributed by atoms with E-state index >= 15 is 0 Å². The zero-order chi connectivity index (χ0) is 25.3. The summed E-state index contributed by atoms with van der Waals surface area (Å²) in [5.41, 5.74) is 7.28. The smallest absolute Gasteiger partial charge is 0.170 e. The number of anilines is 2. The van der Waals surface area contributed by atoms with Crippen molar-refractivity contribution in [3.63, 3.8) is 0 Å². The zero-order valence-corrected chi connectivity index (χ0v) is 22.3. The molecular formula is C30H35N5S. The molecule has 2 N–H and O–H groups in total. The Hall–Kier alpha value is -3.38. The molecule has 5 nitrogen and oxygen atoms in total. The largest absolute Gasteiger partial charge is 0.385 e. The Bertz CT molecular complexity index is 1250. The molecule has 3 aromatic rings. The second-order valence-corrected chi connectivity index (χ2v) is 10.7. The van der Waals surface area contributed by atoms with Gasteiger partial charge in [0.25, 0.3) is 0 Å². The number of allylic oxidation sites excluding steroid dienone is 1. The van der Waals surface area contributed by atoms with Gasteiger partial charge in [0.2, 0.25) is 0 Å². The van der Waals surface area contributed by atoms with Gasteiger partial charge >= 0.3 is 0 Å². The number of rotatable bonds is 7. The lowest BCUT2D eigenvalue weighted by molar-refractivity contribution is 0.316. The fourth-order valence-electron chi connectivity index (χ4n) is 5.41. The van der Waals surface area contributed by atoms with Crippen LogP contribution in [0.5, 0.6) is 0 Å². The third-order valence-electron chi connectivity index (χ3n) is 7.46. The van der Waals surface area contributed by atoms with Crippen molar-refractivity contribution in [1.29, 1.82) is 0 Å². The van der Waals surface area contributed by atoms with E-state index in [1.807, 2.05) is 24.4 Å². The summed E-state index contributed by atoms with van der Waals surface area (Å²) in [6, 6.07) is 23.4. The highest BCUT2D eigenvalue weighted by atomic mass is 32.1. The Kier molecular flexibility index (Phi) is 6.71. The van der Waals surface area contributed by atoms with Crippen molar-refractivity contribution in [2.24, 2.45) is 0 Å². The number of fused-ring (bicyclic) bond motifs is 1. The van der Waals surface area contributed by atoms with E-state index in [4.69, 9.17) is 17.2 Å². The van der Waals surface area contributed by atoms with Crippen LogP contribution in [0.15, 0.2) is 79.0 Å². The lowest BCUT2D eigenvalue weighted by atomic mass is 9.86. The standard InChI is InChI=1S/C30H35N5S/c1-21-20-30(2,3)34(4)26-15-14-22(19-24(21)26)28-27(25-13-8-9-16-32-25)33-29(36)35(28)18-10-17-31-23-11-6-5-7-12-23/h5-9,11-16,19-20,27-28,31H,10,17-18H2,1-4H3,(H,33,36)/t27-,28+/m1/s1. The first-order chi connectivity index (χ1) is 17.3. The molecule has 2 aliphatic rings. The summed E-state index contributed by atoms with van der Waals surface area (Å²) in [4.78, 5) is 9.40. The van der Waals surface area contributed by atoms with Gasteiger partial charge in [-0.05, 0) is 86.9 Å². The lowest BCUT2D eigenvalue weighted by Crippen LogP contribution is -2.42. The Morgan fingerprint density at radius 3 is 2.58 bits per heavy atom. The number of para-hydroxylation sites is 1. The van der Waals surface area contributed by atoms with Gasteiger partial charge in [0.15, 0.2) is 5.11 Å². The molecule has 2 atom stereocenters. The molecule has 0 saturated carbocycles. The van der Waals surface area contributed by atoms with Gasteiger partial charge in [-0.25, -0.2) is 0 Å². The third-order valence-corrected chi connectivity index (χ3v) is 7.81. The van der Waals surface area contributed by atoms with Crippen LogP contribution in [0.3, 0.4) is 0 Å². The maximum atomic E-state index is 5.88. The van der Waals surface area contributed by atoms with Crippen LogP contribution >= 0.6 is 12.2 Å². The zero-order valence-electron chi connectivity index (χ0n) is 21.5. The van der Waals surface area contributed by atoms with Crippen molar-refractivity contribution in [2.75, 3.05) is 30.4 Å². The summed E-state index contributed by atoms with van der Waals surface area (Å²) in [5, 5.41) is 7.90. The molecule has 36 heavy (non-hydrogen) atoms. The molecule has 2 aliphatic heterocycles. The van der Waals surface area contributed by atoms with Crippen LogP contribution in [-0.4, -0.2) is 40.7 Å². The summed E-state index contributed by atoms with van der Waals surface area (Å²) in [6.45, 7) is 8.48. The summed E-state index contributed by atoms with van der Waals surface area (Å²) in [5.74, 6) is 0. The number of nitrogens with zero attached hydrogens (tertiary/aromatic N) is 3. The first-order valence-corrected chi connectivity index (χ1v) is 13.1. The van der Waals surface area contributed by atoms with Crippen molar-refractivity contribution >= 4 is 34.3 Å². The molecule has 0 amide bonds. The minimum atomic E-state index is -0.0106. The van der Waals surface area contributed by atoms with Gasteiger partial charge in [-0.15, -0.1) is 0 Å². The first-order valence-electron chi connectivity index (χ1n) is 12.7. The Balaban J connectivity index is 1.44. The highest BCUT2D eigenvalue weighted by Gasteiger charge is 2.40. The van der Waals surface area contributed by atoms with Gasteiger partial charge in [-0.3, -0.25) is 4.98 Å². The van der Waals surface area contributed by atoms with Gasteiger partial charge in [0, 0.05) is 43.3 Å². The normalized spacial score (nSPS) is 20.6. The predicted octanol–water partition coefficient (Wildman–Crippen LogP) is 6.19. The average molecular weight is 498 g/mol. The second-order valence-electron chi connectivity index (χ2n) is 10.3. The monoisotopic (exact) mass is 497 g/mol. The Morgan fingerprint density at radius 1 is 1.06 bits per heavy atom. The van der Waals surface area contributed by atoms with Crippen LogP contribution in [0.1, 0.15) is 56.1 Å². The molecule has 3 heterocycles. The van der Waals surface area contributed by atoms with Crippen LogP contribution < -0.4 is 15.5 Å². The quantitative estimate of drug-likeness (QED) is 0.300. The van der Waals surface area contributed by atoms with E-state index in [9.17, 15) is 0 Å². The second kappa shape index (κ2) is 9.94. The molecular weight excluding hydrogens is 462 g/mol. The Labute approximate surface area is 220 Å². The van der Waals surface area contributed by atoms with Gasteiger partial charge in [-0.2, -0.15) is 0 Å². The fraction of sp³-hybridized carbons (Fsp3) is 0.333. The lowest BCUT2D eigenvalue weighted by Gasteiger charge is -2.41.